The molecule has 0 spiro atoms. The normalized spacial score (nSPS) is 16.5. The molecule has 112 valence electrons. The summed E-state index contributed by atoms with van der Waals surface area (Å²) in [6, 6.07) is 10.9. The van der Waals surface area contributed by atoms with Gasteiger partial charge in [0, 0.05) is 25.5 Å². The summed E-state index contributed by atoms with van der Waals surface area (Å²) in [7, 11) is 0. The third-order valence-corrected chi connectivity index (χ3v) is 3.71. The molecule has 0 bridgehead atoms. The first-order valence-electron chi connectivity index (χ1n) is 6.92. The molecule has 0 radical (unpaired) electrons. The average molecular weight is 297 g/mol. The first kappa shape index (κ1) is 14.1. The maximum atomic E-state index is 11.4. The first-order valence-corrected chi connectivity index (χ1v) is 6.92. The zero-order valence-corrected chi connectivity index (χ0v) is 11.8. The van der Waals surface area contributed by atoms with Crippen molar-refractivity contribution in [3.8, 4) is 11.1 Å². The molecule has 22 heavy (non-hydrogen) atoms. The summed E-state index contributed by atoms with van der Waals surface area (Å²) in [6.07, 6.45) is 2.37. The molecular weight excluding hydrogens is 282 g/mol. The second kappa shape index (κ2) is 5.85. The molecule has 1 aliphatic heterocycles. The van der Waals surface area contributed by atoms with Gasteiger partial charge in [-0.1, -0.05) is 24.3 Å². The molecular formula is C16H15N3O3. The van der Waals surface area contributed by atoms with Crippen LogP contribution in [0.2, 0.25) is 0 Å². The van der Waals surface area contributed by atoms with Gasteiger partial charge in [-0.15, -0.1) is 0 Å². The molecule has 1 atom stereocenters. The maximum Gasteiger partial charge on any atom is 0.408 e. The number of benzene rings is 1. The first-order chi connectivity index (χ1) is 10.6. The summed E-state index contributed by atoms with van der Waals surface area (Å²) in [6.45, 7) is 0.574. The predicted octanol–water partition coefficient (Wildman–Crippen LogP) is 1.73. The Hall–Kier alpha value is -2.89. The van der Waals surface area contributed by atoms with Gasteiger partial charge in [-0.3, -0.25) is 14.7 Å². The van der Waals surface area contributed by atoms with E-state index in [2.05, 4.69) is 10.3 Å². The number of aromatic nitrogens is 1. The Labute approximate surface area is 127 Å². The summed E-state index contributed by atoms with van der Waals surface area (Å²) >= 11 is 0. The van der Waals surface area contributed by atoms with Crippen molar-refractivity contribution in [2.24, 2.45) is 0 Å². The zero-order chi connectivity index (χ0) is 15.5. The largest absolute Gasteiger partial charge is 0.465 e. The van der Waals surface area contributed by atoms with E-state index in [1.165, 1.54) is 4.90 Å². The van der Waals surface area contributed by atoms with Crippen LogP contribution in [-0.2, 0) is 11.3 Å². The van der Waals surface area contributed by atoms with Gasteiger partial charge in [0.25, 0.3) is 0 Å². The number of hydrogen-bond acceptors (Lipinski definition) is 3. The molecule has 0 aliphatic carbocycles. The minimum atomic E-state index is -1.09. The maximum absolute atomic E-state index is 11.4. The van der Waals surface area contributed by atoms with Gasteiger partial charge in [0.05, 0.1) is 0 Å². The van der Waals surface area contributed by atoms with Gasteiger partial charge in [0.15, 0.2) is 0 Å². The molecule has 2 N–H and O–H groups in total. The van der Waals surface area contributed by atoms with Crippen molar-refractivity contribution in [1.29, 1.82) is 0 Å². The van der Waals surface area contributed by atoms with Crippen LogP contribution in [0.1, 0.15) is 5.56 Å². The minimum absolute atomic E-state index is 0.198. The van der Waals surface area contributed by atoms with Crippen LogP contribution in [0.5, 0.6) is 0 Å². The number of carboxylic acid groups (broad SMARTS) is 1. The molecule has 6 heteroatoms. The molecule has 1 aliphatic rings. The number of amides is 2. The number of carbonyl (C=O) groups excluding carboxylic acids is 1. The third-order valence-electron chi connectivity index (χ3n) is 3.71. The van der Waals surface area contributed by atoms with Crippen LogP contribution in [0.4, 0.5) is 4.79 Å². The van der Waals surface area contributed by atoms with E-state index in [0.717, 1.165) is 16.7 Å². The number of nitrogens with zero attached hydrogens (tertiary/aromatic N) is 2. The zero-order valence-electron chi connectivity index (χ0n) is 11.8. The van der Waals surface area contributed by atoms with E-state index in [0.29, 0.717) is 6.54 Å². The molecule has 6 nitrogen and oxygen atoms in total. The van der Waals surface area contributed by atoms with Crippen molar-refractivity contribution >= 4 is 12.0 Å². The molecule has 2 amide bonds. The van der Waals surface area contributed by atoms with Crippen LogP contribution in [-0.4, -0.2) is 39.6 Å². The Balaban J connectivity index is 1.75. The van der Waals surface area contributed by atoms with E-state index in [4.69, 9.17) is 0 Å². The Morgan fingerprint density at radius 1 is 1.18 bits per heavy atom. The molecule has 2 heterocycles. The van der Waals surface area contributed by atoms with E-state index in [-0.39, 0.29) is 12.5 Å². The second-order valence-electron chi connectivity index (χ2n) is 5.10. The van der Waals surface area contributed by atoms with E-state index >= 15 is 0 Å². The number of hydrogen-bond donors (Lipinski definition) is 2. The predicted molar refractivity (Wildman–Crippen MR) is 80.0 cm³/mol. The second-order valence-corrected chi connectivity index (χ2v) is 5.10. The minimum Gasteiger partial charge on any atom is -0.465 e. The molecule has 0 unspecified atom stereocenters. The lowest BCUT2D eigenvalue weighted by Crippen LogP contribution is -2.62. The van der Waals surface area contributed by atoms with E-state index in [1.54, 1.807) is 12.4 Å². The highest BCUT2D eigenvalue weighted by Gasteiger charge is 2.36. The van der Waals surface area contributed by atoms with Crippen molar-refractivity contribution in [2.75, 3.05) is 6.54 Å². The molecule has 1 aromatic carbocycles. The van der Waals surface area contributed by atoms with Crippen LogP contribution in [0.25, 0.3) is 11.1 Å². The summed E-state index contributed by atoms with van der Waals surface area (Å²) < 4.78 is 0. The molecule has 1 fully saturated rings. The molecule has 2 aromatic rings. The molecule has 0 saturated carbocycles. The SMILES string of the molecule is O=C1NC[C@@H]1N(Cc1ccc(-c2ccncc2)cc1)C(=O)O. The molecule has 3 rings (SSSR count). The van der Waals surface area contributed by atoms with Gasteiger partial charge >= 0.3 is 6.09 Å². The number of nitrogens with one attached hydrogen (secondary N) is 1. The summed E-state index contributed by atoms with van der Waals surface area (Å²) in [4.78, 5) is 27.8. The summed E-state index contributed by atoms with van der Waals surface area (Å²) in [5.74, 6) is -0.240. The molecule has 1 saturated heterocycles. The van der Waals surface area contributed by atoms with E-state index < -0.39 is 12.1 Å². The Bertz CT molecular complexity index is 686. The van der Waals surface area contributed by atoms with Crippen LogP contribution in [0, 0.1) is 0 Å². The lowest BCUT2D eigenvalue weighted by Gasteiger charge is -2.34. The number of carbonyl (C=O) groups is 2. The topological polar surface area (TPSA) is 82.5 Å². The average Bonchev–Trinajstić information content (AvgIpc) is 2.54. The third kappa shape index (κ3) is 2.76. The van der Waals surface area contributed by atoms with Crippen LogP contribution < -0.4 is 5.32 Å². The highest BCUT2D eigenvalue weighted by Crippen LogP contribution is 2.20. The Morgan fingerprint density at radius 3 is 2.32 bits per heavy atom. The van der Waals surface area contributed by atoms with Gasteiger partial charge in [0.1, 0.15) is 6.04 Å². The number of β-lactam (4-membered cyclic amide) rings is 1. The van der Waals surface area contributed by atoms with E-state index in [1.807, 2.05) is 36.4 Å². The Kier molecular flexibility index (Phi) is 3.74. The van der Waals surface area contributed by atoms with Crippen LogP contribution >= 0.6 is 0 Å². The van der Waals surface area contributed by atoms with Crippen molar-refractivity contribution in [2.45, 2.75) is 12.6 Å². The lowest BCUT2D eigenvalue weighted by molar-refractivity contribution is -0.132. The van der Waals surface area contributed by atoms with Crippen molar-refractivity contribution < 1.29 is 14.7 Å². The monoisotopic (exact) mass is 297 g/mol. The lowest BCUT2D eigenvalue weighted by atomic mass is 10.0. The van der Waals surface area contributed by atoms with Crippen molar-refractivity contribution in [1.82, 2.24) is 15.2 Å². The van der Waals surface area contributed by atoms with Gasteiger partial charge in [-0.2, -0.15) is 0 Å². The summed E-state index contributed by atoms with van der Waals surface area (Å²) in [5.41, 5.74) is 2.93. The highest BCUT2D eigenvalue weighted by atomic mass is 16.4. The van der Waals surface area contributed by atoms with Gasteiger partial charge in [-0.25, -0.2) is 4.79 Å². The smallest absolute Gasteiger partial charge is 0.408 e. The molecule has 1 aromatic heterocycles. The van der Waals surface area contributed by atoms with Crippen molar-refractivity contribution in [3.05, 3.63) is 54.4 Å². The fourth-order valence-corrected chi connectivity index (χ4v) is 2.38. The number of pyridine rings is 1. The quantitative estimate of drug-likeness (QED) is 0.842. The van der Waals surface area contributed by atoms with Crippen LogP contribution in [0.3, 0.4) is 0 Å². The Morgan fingerprint density at radius 2 is 1.82 bits per heavy atom. The van der Waals surface area contributed by atoms with Gasteiger partial charge < -0.3 is 10.4 Å². The van der Waals surface area contributed by atoms with E-state index in [9.17, 15) is 14.7 Å². The fourth-order valence-electron chi connectivity index (χ4n) is 2.38. The standard InChI is InChI=1S/C16H15N3O3/c20-15-14(9-18-15)19(16(21)22)10-11-1-3-12(4-2-11)13-5-7-17-8-6-13/h1-8,14H,9-10H2,(H,18,20)(H,21,22)/t14-/m0/s1. The summed E-state index contributed by atoms with van der Waals surface area (Å²) in [5, 5.41) is 11.8. The van der Waals surface area contributed by atoms with Crippen molar-refractivity contribution in [3.63, 3.8) is 0 Å². The van der Waals surface area contributed by atoms with Gasteiger partial charge in [0.2, 0.25) is 5.91 Å². The highest BCUT2D eigenvalue weighted by molar-refractivity contribution is 5.90. The number of rotatable bonds is 4. The van der Waals surface area contributed by atoms with Gasteiger partial charge in [-0.05, 0) is 28.8 Å². The van der Waals surface area contributed by atoms with Crippen LogP contribution in [0.15, 0.2) is 48.8 Å². The fraction of sp³-hybridized carbons (Fsp3) is 0.188.